The molecule has 0 amide bonds. The molecule has 0 aromatic carbocycles. The zero-order valence-electron chi connectivity index (χ0n) is 9.35. The van der Waals surface area contributed by atoms with Gasteiger partial charge in [-0.1, -0.05) is 0 Å². The van der Waals surface area contributed by atoms with Crippen LogP contribution in [0.1, 0.15) is 18.8 Å². The van der Waals surface area contributed by atoms with E-state index in [1.54, 1.807) is 6.20 Å². The fraction of sp³-hybridized carbons (Fsp3) is 0.182. The number of pyridine rings is 1. The van der Waals surface area contributed by atoms with Crippen molar-refractivity contribution in [3.05, 3.63) is 42.6 Å². The lowest BCUT2D eigenvalue weighted by Crippen LogP contribution is -2.11. The van der Waals surface area contributed by atoms with Gasteiger partial charge in [0.25, 0.3) is 0 Å². The molecule has 0 saturated heterocycles. The van der Waals surface area contributed by atoms with E-state index in [1.807, 2.05) is 46.6 Å². The van der Waals surface area contributed by atoms with Crippen molar-refractivity contribution in [1.29, 1.82) is 0 Å². The summed E-state index contributed by atoms with van der Waals surface area (Å²) in [6.07, 6.45) is 5.47. The highest BCUT2D eigenvalue weighted by Crippen LogP contribution is 2.17. The molecular formula is C11H12N6. The van der Waals surface area contributed by atoms with Gasteiger partial charge in [-0.2, -0.15) is 5.10 Å². The van der Waals surface area contributed by atoms with E-state index in [2.05, 4.69) is 15.3 Å². The third kappa shape index (κ3) is 1.54. The lowest BCUT2D eigenvalue weighted by atomic mass is 10.3. The van der Waals surface area contributed by atoms with Crippen molar-refractivity contribution in [2.45, 2.75) is 13.0 Å². The molecule has 3 rings (SSSR count). The summed E-state index contributed by atoms with van der Waals surface area (Å²) in [5, 5.41) is 12.5. The van der Waals surface area contributed by atoms with Gasteiger partial charge in [0.15, 0.2) is 11.5 Å². The van der Waals surface area contributed by atoms with Gasteiger partial charge >= 0.3 is 0 Å². The molecule has 0 fully saturated rings. The van der Waals surface area contributed by atoms with Crippen molar-refractivity contribution in [2.24, 2.45) is 0 Å². The molecule has 86 valence electrons. The minimum Gasteiger partial charge on any atom is -0.398 e. The quantitative estimate of drug-likeness (QED) is 0.713. The number of nitrogens with two attached hydrogens (primary N) is 1. The molecule has 3 heterocycles. The van der Waals surface area contributed by atoms with Crippen LogP contribution in [0.4, 0.5) is 5.69 Å². The second-order valence-corrected chi connectivity index (χ2v) is 3.91. The predicted molar refractivity (Wildman–Crippen MR) is 63.4 cm³/mol. The summed E-state index contributed by atoms with van der Waals surface area (Å²) in [7, 11) is 0. The second-order valence-electron chi connectivity index (χ2n) is 3.91. The highest BCUT2D eigenvalue weighted by atomic mass is 15.3. The Hall–Kier alpha value is -2.37. The summed E-state index contributed by atoms with van der Waals surface area (Å²) >= 11 is 0. The first-order valence-electron chi connectivity index (χ1n) is 5.35. The highest BCUT2D eigenvalue weighted by Gasteiger charge is 2.15. The maximum atomic E-state index is 5.77. The van der Waals surface area contributed by atoms with Gasteiger partial charge in [-0.05, 0) is 25.1 Å². The lowest BCUT2D eigenvalue weighted by molar-refractivity contribution is 0.532. The molecule has 0 aliphatic heterocycles. The van der Waals surface area contributed by atoms with Crippen molar-refractivity contribution in [3.63, 3.8) is 0 Å². The number of rotatable bonds is 2. The van der Waals surface area contributed by atoms with E-state index in [0.717, 1.165) is 11.5 Å². The Balaban J connectivity index is 2.14. The standard InChI is InChI=1S/C11H12N6/c1-8(17-6-2-5-13-17)11-15-14-10-4-3-9(12)7-16(10)11/h2-8H,12H2,1H3. The van der Waals surface area contributed by atoms with Crippen LogP contribution in [0.5, 0.6) is 0 Å². The van der Waals surface area contributed by atoms with Gasteiger partial charge < -0.3 is 5.73 Å². The Bertz CT molecular complexity index is 639. The first-order chi connectivity index (χ1) is 8.25. The number of aromatic nitrogens is 5. The fourth-order valence-electron chi connectivity index (χ4n) is 1.84. The SMILES string of the molecule is CC(c1nnc2ccc(N)cn12)n1cccn1. The Morgan fingerprint density at radius 3 is 2.94 bits per heavy atom. The average Bonchev–Trinajstić information content (AvgIpc) is 2.97. The van der Waals surface area contributed by atoms with E-state index in [0.29, 0.717) is 5.69 Å². The monoisotopic (exact) mass is 228 g/mol. The number of hydrogen-bond donors (Lipinski definition) is 1. The zero-order chi connectivity index (χ0) is 11.8. The fourth-order valence-corrected chi connectivity index (χ4v) is 1.84. The van der Waals surface area contributed by atoms with E-state index < -0.39 is 0 Å². The summed E-state index contributed by atoms with van der Waals surface area (Å²) in [6, 6.07) is 5.56. The molecular weight excluding hydrogens is 216 g/mol. The van der Waals surface area contributed by atoms with E-state index in [1.165, 1.54) is 0 Å². The average molecular weight is 228 g/mol. The van der Waals surface area contributed by atoms with Crippen LogP contribution in [0.2, 0.25) is 0 Å². The molecule has 0 saturated carbocycles. The van der Waals surface area contributed by atoms with Gasteiger partial charge in [0.05, 0.1) is 0 Å². The number of fused-ring (bicyclic) bond motifs is 1. The molecule has 3 aromatic heterocycles. The molecule has 0 aliphatic carbocycles. The smallest absolute Gasteiger partial charge is 0.162 e. The largest absolute Gasteiger partial charge is 0.398 e. The number of nitrogen functional groups attached to an aromatic ring is 1. The molecule has 3 aromatic rings. The number of nitrogens with zero attached hydrogens (tertiary/aromatic N) is 5. The van der Waals surface area contributed by atoms with Crippen LogP contribution in [-0.4, -0.2) is 24.4 Å². The number of anilines is 1. The first kappa shape index (κ1) is 9.83. The molecule has 0 radical (unpaired) electrons. The molecule has 0 aliphatic rings. The summed E-state index contributed by atoms with van der Waals surface area (Å²) < 4.78 is 3.72. The van der Waals surface area contributed by atoms with Crippen molar-refractivity contribution in [3.8, 4) is 0 Å². The summed E-state index contributed by atoms with van der Waals surface area (Å²) in [5.41, 5.74) is 7.24. The Morgan fingerprint density at radius 2 is 2.18 bits per heavy atom. The molecule has 1 atom stereocenters. The molecule has 17 heavy (non-hydrogen) atoms. The number of hydrogen-bond acceptors (Lipinski definition) is 4. The minimum absolute atomic E-state index is 0.0156. The van der Waals surface area contributed by atoms with E-state index in [9.17, 15) is 0 Å². The van der Waals surface area contributed by atoms with Crippen molar-refractivity contribution < 1.29 is 0 Å². The minimum atomic E-state index is 0.0156. The topological polar surface area (TPSA) is 74.0 Å². The van der Waals surface area contributed by atoms with Gasteiger partial charge in [-0.3, -0.25) is 9.08 Å². The summed E-state index contributed by atoms with van der Waals surface area (Å²) in [5.74, 6) is 0.816. The molecule has 0 bridgehead atoms. The van der Waals surface area contributed by atoms with E-state index >= 15 is 0 Å². The van der Waals surface area contributed by atoms with Crippen LogP contribution in [0.25, 0.3) is 5.65 Å². The second kappa shape index (κ2) is 3.58. The normalized spacial score (nSPS) is 13.0. The van der Waals surface area contributed by atoms with Crippen LogP contribution < -0.4 is 5.73 Å². The summed E-state index contributed by atoms with van der Waals surface area (Å²) in [6.45, 7) is 2.02. The third-order valence-corrected chi connectivity index (χ3v) is 2.75. The molecule has 0 spiro atoms. The predicted octanol–water partition coefficient (Wildman–Crippen LogP) is 1.12. The lowest BCUT2D eigenvalue weighted by Gasteiger charge is -2.10. The Kier molecular flexibility index (Phi) is 2.07. The molecule has 2 N–H and O–H groups in total. The first-order valence-corrected chi connectivity index (χ1v) is 5.35. The highest BCUT2D eigenvalue weighted by molar-refractivity contribution is 5.47. The zero-order valence-corrected chi connectivity index (χ0v) is 9.35. The van der Waals surface area contributed by atoms with E-state index in [-0.39, 0.29) is 6.04 Å². The van der Waals surface area contributed by atoms with E-state index in [4.69, 9.17) is 5.73 Å². The van der Waals surface area contributed by atoms with Crippen molar-refractivity contribution in [2.75, 3.05) is 5.73 Å². The van der Waals surface area contributed by atoms with Gasteiger partial charge in [-0.15, -0.1) is 10.2 Å². The molecule has 6 nitrogen and oxygen atoms in total. The Morgan fingerprint density at radius 1 is 1.29 bits per heavy atom. The van der Waals surface area contributed by atoms with Crippen LogP contribution in [0, 0.1) is 0 Å². The van der Waals surface area contributed by atoms with Crippen LogP contribution in [0.15, 0.2) is 36.8 Å². The third-order valence-electron chi connectivity index (χ3n) is 2.75. The Labute approximate surface area is 97.7 Å². The van der Waals surface area contributed by atoms with Crippen LogP contribution >= 0.6 is 0 Å². The summed E-state index contributed by atoms with van der Waals surface area (Å²) in [4.78, 5) is 0. The maximum Gasteiger partial charge on any atom is 0.162 e. The van der Waals surface area contributed by atoms with Crippen molar-refractivity contribution >= 4 is 11.3 Å². The molecule has 6 heteroatoms. The van der Waals surface area contributed by atoms with Gasteiger partial charge in [0.2, 0.25) is 0 Å². The maximum absolute atomic E-state index is 5.77. The van der Waals surface area contributed by atoms with Gasteiger partial charge in [0, 0.05) is 24.3 Å². The van der Waals surface area contributed by atoms with Crippen LogP contribution in [-0.2, 0) is 0 Å². The van der Waals surface area contributed by atoms with Gasteiger partial charge in [-0.25, -0.2) is 0 Å². The molecule has 1 unspecified atom stereocenters. The van der Waals surface area contributed by atoms with Crippen molar-refractivity contribution in [1.82, 2.24) is 24.4 Å². The van der Waals surface area contributed by atoms with Crippen LogP contribution in [0.3, 0.4) is 0 Å². The van der Waals surface area contributed by atoms with Gasteiger partial charge in [0.1, 0.15) is 6.04 Å².